The highest BCUT2D eigenvalue weighted by Gasteiger charge is 2.40. The van der Waals surface area contributed by atoms with Crippen LogP contribution in [0.25, 0.3) is 0 Å². The van der Waals surface area contributed by atoms with E-state index in [4.69, 9.17) is 19.9 Å². The Morgan fingerprint density at radius 1 is 0.710 bits per heavy atom. The molecule has 0 aromatic rings. The normalized spacial score (nSPS) is 17.1. The summed E-state index contributed by atoms with van der Waals surface area (Å²) in [6.45, 7) is 30.7. The first-order valence-corrected chi connectivity index (χ1v) is 12.5. The standard InChI is InChI=1S/C27H57NO3/c1-14-15-29-24(6,7)16-23(17-25(8,9)30-18-21(4)20(2)3)27(12,13)31-19-22(5)26(10,11)28/h20-23H,14-19,28H2,1-13H3. The molecule has 0 aromatic carbocycles. The molecule has 0 aromatic heterocycles. The van der Waals surface area contributed by atoms with Crippen LogP contribution in [-0.4, -0.2) is 42.2 Å². The van der Waals surface area contributed by atoms with Gasteiger partial charge in [0.15, 0.2) is 0 Å². The maximum atomic E-state index is 6.55. The zero-order valence-corrected chi connectivity index (χ0v) is 23.4. The predicted octanol–water partition coefficient (Wildman–Crippen LogP) is 6.84. The summed E-state index contributed by atoms with van der Waals surface area (Å²) in [7, 11) is 0. The first kappa shape index (κ1) is 30.8. The van der Waals surface area contributed by atoms with E-state index in [0.717, 1.165) is 32.5 Å². The van der Waals surface area contributed by atoms with Gasteiger partial charge in [0.2, 0.25) is 0 Å². The number of hydrogen-bond acceptors (Lipinski definition) is 4. The van der Waals surface area contributed by atoms with Gasteiger partial charge in [-0.3, -0.25) is 0 Å². The molecule has 2 N–H and O–H groups in total. The molecule has 0 heterocycles. The van der Waals surface area contributed by atoms with Crippen LogP contribution in [0.4, 0.5) is 0 Å². The minimum Gasteiger partial charge on any atom is -0.376 e. The molecule has 3 atom stereocenters. The number of hydrogen-bond donors (Lipinski definition) is 1. The molecule has 0 radical (unpaired) electrons. The van der Waals surface area contributed by atoms with Gasteiger partial charge in [-0.15, -0.1) is 0 Å². The van der Waals surface area contributed by atoms with Crippen molar-refractivity contribution in [2.75, 3.05) is 19.8 Å². The van der Waals surface area contributed by atoms with Gasteiger partial charge in [0, 0.05) is 12.1 Å². The van der Waals surface area contributed by atoms with Gasteiger partial charge in [0.25, 0.3) is 0 Å². The van der Waals surface area contributed by atoms with Crippen LogP contribution >= 0.6 is 0 Å². The fourth-order valence-electron chi connectivity index (χ4n) is 3.47. The fraction of sp³-hybridized carbons (Fsp3) is 1.00. The smallest absolute Gasteiger partial charge is 0.0656 e. The Morgan fingerprint density at radius 3 is 1.61 bits per heavy atom. The largest absolute Gasteiger partial charge is 0.376 e. The Kier molecular flexibility index (Phi) is 12.3. The molecule has 0 rings (SSSR count). The minimum atomic E-state index is -0.309. The number of nitrogens with two attached hydrogens (primary N) is 1. The van der Waals surface area contributed by atoms with Crippen LogP contribution in [-0.2, 0) is 14.2 Å². The molecule has 3 unspecified atom stereocenters. The van der Waals surface area contributed by atoms with Crippen LogP contribution in [0.3, 0.4) is 0 Å². The lowest BCUT2D eigenvalue weighted by Crippen LogP contribution is -2.47. The second-order valence-electron chi connectivity index (χ2n) is 12.6. The molecule has 0 aliphatic carbocycles. The number of rotatable bonds is 16. The zero-order chi connectivity index (χ0) is 24.7. The zero-order valence-electron chi connectivity index (χ0n) is 23.4. The average molecular weight is 444 g/mol. The molecular weight excluding hydrogens is 386 g/mol. The molecule has 31 heavy (non-hydrogen) atoms. The van der Waals surface area contributed by atoms with Crippen molar-refractivity contribution in [2.45, 2.75) is 132 Å². The third kappa shape index (κ3) is 12.6. The lowest BCUT2D eigenvalue weighted by molar-refractivity contribution is -0.135. The van der Waals surface area contributed by atoms with Crippen LogP contribution in [0.1, 0.15) is 109 Å². The first-order valence-electron chi connectivity index (χ1n) is 12.5. The van der Waals surface area contributed by atoms with Crippen molar-refractivity contribution in [1.82, 2.24) is 0 Å². The third-order valence-corrected chi connectivity index (χ3v) is 7.01. The number of ether oxygens (including phenoxy) is 3. The van der Waals surface area contributed by atoms with E-state index >= 15 is 0 Å². The fourth-order valence-corrected chi connectivity index (χ4v) is 3.47. The van der Waals surface area contributed by atoms with Gasteiger partial charge in [-0.2, -0.15) is 0 Å². The van der Waals surface area contributed by atoms with Crippen molar-refractivity contribution in [2.24, 2.45) is 29.4 Å². The van der Waals surface area contributed by atoms with Crippen LogP contribution in [0.2, 0.25) is 0 Å². The van der Waals surface area contributed by atoms with Crippen molar-refractivity contribution >= 4 is 0 Å². The summed E-state index contributed by atoms with van der Waals surface area (Å²) in [6.07, 6.45) is 2.87. The van der Waals surface area contributed by atoms with E-state index < -0.39 is 0 Å². The maximum absolute atomic E-state index is 6.55. The van der Waals surface area contributed by atoms with E-state index in [0.29, 0.717) is 18.4 Å². The third-order valence-electron chi connectivity index (χ3n) is 7.01. The van der Waals surface area contributed by atoms with Crippen molar-refractivity contribution in [1.29, 1.82) is 0 Å². The van der Waals surface area contributed by atoms with Gasteiger partial charge in [-0.1, -0.05) is 34.6 Å². The second kappa shape index (κ2) is 12.3. The molecule has 0 saturated carbocycles. The van der Waals surface area contributed by atoms with Crippen LogP contribution in [0.5, 0.6) is 0 Å². The average Bonchev–Trinajstić information content (AvgIpc) is 2.60. The minimum absolute atomic E-state index is 0.207. The highest BCUT2D eigenvalue weighted by atomic mass is 16.5. The summed E-state index contributed by atoms with van der Waals surface area (Å²) in [5.74, 6) is 1.72. The van der Waals surface area contributed by atoms with Crippen molar-refractivity contribution < 1.29 is 14.2 Å². The van der Waals surface area contributed by atoms with E-state index in [9.17, 15) is 0 Å². The quantitative estimate of drug-likeness (QED) is 0.283. The lowest BCUT2D eigenvalue weighted by atomic mass is 9.76. The summed E-state index contributed by atoms with van der Waals surface area (Å²) in [6, 6.07) is 0. The highest BCUT2D eigenvalue weighted by Crippen LogP contribution is 2.38. The van der Waals surface area contributed by atoms with E-state index in [1.807, 2.05) is 0 Å². The van der Waals surface area contributed by atoms with E-state index in [1.165, 1.54) is 0 Å². The SMILES string of the molecule is CCCOC(C)(C)CC(CC(C)(C)OCC(C)C(C)C)C(C)(C)OCC(C)C(C)(C)N. The summed E-state index contributed by atoms with van der Waals surface area (Å²) in [5, 5.41) is 0. The van der Waals surface area contributed by atoms with Gasteiger partial charge in [0.05, 0.1) is 30.0 Å². The van der Waals surface area contributed by atoms with Gasteiger partial charge in [-0.25, -0.2) is 0 Å². The molecule has 0 fully saturated rings. The van der Waals surface area contributed by atoms with Gasteiger partial charge >= 0.3 is 0 Å². The Bertz CT molecular complexity index is 491. The molecule has 188 valence electrons. The summed E-state index contributed by atoms with van der Waals surface area (Å²) in [4.78, 5) is 0. The predicted molar refractivity (Wildman–Crippen MR) is 135 cm³/mol. The second-order valence-corrected chi connectivity index (χ2v) is 12.6. The maximum Gasteiger partial charge on any atom is 0.0656 e. The van der Waals surface area contributed by atoms with Crippen molar-refractivity contribution in [3.8, 4) is 0 Å². The summed E-state index contributed by atoms with van der Waals surface area (Å²) in [5.41, 5.74) is 5.31. The van der Waals surface area contributed by atoms with E-state index in [2.05, 4.69) is 90.0 Å². The molecule has 0 aliphatic heterocycles. The van der Waals surface area contributed by atoms with E-state index in [1.54, 1.807) is 0 Å². The Balaban J connectivity index is 5.47. The molecule has 0 spiro atoms. The van der Waals surface area contributed by atoms with Crippen molar-refractivity contribution in [3.63, 3.8) is 0 Å². The monoisotopic (exact) mass is 443 g/mol. The molecule has 4 nitrogen and oxygen atoms in total. The molecule has 0 saturated heterocycles. The van der Waals surface area contributed by atoms with Crippen LogP contribution in [0, 0.1) is 23.7 Å². The first-order chi connectivity index (χ1) is 13.8. The Hall–Kier alpha value is -0.160. The van der Waals surface area contributed by atoms with Gasteiger partial charge in [-0.05, 0) is 98.3 Å². The summed E-state index contributed by atoms with van der Waals surface area (Å²) < 4.78 is 19.2. The molecule has 0 aliphatic rings. The Labute approximate surface area is 195 Å². The topological polar surface area (TPSA) is 53.7 Å². The van der Waals surface area contributed by atoms with Crippen LogP contribution in [0.15, 0.2) is 0 Å². The van der Waals surface area contributed by atoms with Gasteiger partial charge in [0.1, 0.15) is 0 Å². The van der Waals surface area contributed by atoms with Crippen molar-refractivity contribution in [3.05, 3.63) is 0 Å². The van der Waals surface area contributed by atoms with Gasteiger partial charge < -0.3 is 19.9 Å². The molecule has 0 bridgehead atoms. The lowest BCUT2D eigenvalue weighted by Gasteiger charge is -2.43. The summed E-state index contributed by atoms with van der Waals surface area (Å²) >= 11 is 0. The Morgan fingerprint density at radius 2 is 1.19 bits per heavy atom. The van der Waals surface area contributed by atoms with E-state index in [-0.39, 0.29) is 34.2 Å². The van der Waals surface area contributed by atoms with Crippen LogP contribution < -0.4 is 5.73 Å². The highest BCUT2D eigenvalue weighted by molar-refractivity contribution is 4.91. The molecular formula is C27H57NO3. The molecule has 0 amide bonds. The molecule has 4 heteroatoms.